The van der Waals surface area contributed by atoms with Crippen LogP contribution in [0.25, 0.3) is 10.9 Å². The molecule has 15 heavy (non-hydrogen) atoms. The van der Waals surface area contributed by atoms with Crippen LogP contribution < -0.4 is 10.9 Å². The Morgan fingerprint density at radius 3 is 2.60 bits per heavy atom. The molecule has 0 saturated carbocycles. The third-order valence-corrected chi connectivity index (χ3v) is 2.86. The summed E-state index contributed by atoms with van der Waals surface area (Å²) in [6, 6.07) is 5.98. The summed E-state index contributed by atoms with van der Waals surface area (Å²) >= 11 is 0. The summed E-state index contributed by atoms with van der Waals surface area (Å²) in [7, 11) is 1.86. The van der Waals surface area contributed by atoms with Crippen molar-refractivity contribution < 1.29 is 0 Å². The van der Waals surface area contributed by atoms with Crippen molar-refractivity contribution in [2.75, 3.05) is 12.4 Å². The highest BCUT2D eigenvalue weighted by Gasteiger charge is 2.04. The maximum atomic E-state index is 11.6. The maximum absolute atomic E-state index is 11.6. The Bertz CT molecular complexity index is 570. The molecule has 0 spiro atoms. The average Bonchev–Trinajstić information content (AvgIpc) is 2.25. The van der Waals surface area contributed by atoms with Crippen molar-refractivity contribution in [2.45, 2.75) is 13.8 Å². The molecule has 2 aromatic rings. The summed E-state index contributed by atoms with van der Waals surface area (Å²) in [5, 5.41) is 4.15. The number of rotatable bonds is 1. The van der Waals surface area contributed by atoms with Gasteiger partial charge in [0.1, 0.15) is 0 Å². The molecular weight excluding hydrogens is 188 g/mol. The summed E-state index contributed by atoms with van der Waals surface area (Å²) in [5.74, 6) is 0. The smallest absolute Gasteiger partial charge is 0.251 e. The van der Waals surface area contributed by atoms with Gasteiger partial charge in [0.05, 0.1) is 5.52 Å². The van der Waals surface area contributed by atoms with Gasteiger partial charge in [0.2, 0.25) is 0 Å². The number of H-pyrrole nitrogens is 1. The van der Waals surface area contributed by atoms with Crippen molar-refractivity contribution in [1.29, 1.82) is 0 Å². The number of benzene rings is 1. The lowest BCUT2D eigenvalue weighted by atomic mass is 10.1. The molecular formula is C12H14N2O. The van der Waals surface area contributed by atoms with E-state index < -0.39 is 0 Å². The molecule has 0 fully saturated rings. The predicted molar refractivity (Wildman–Crippen MR) is 63.6 cm³/mol. The molecule has 0 atom stereocenters. The van der Waals surface area contributed by atoms with E-state index in [-0.39, 0.29) is 5.56 Å². The minimum atomic E-state index is -0.00625. The quantitative estimate of drug-likeness (QED) is 0.744. The van der Waals surface area contributed by atoms with E-state index in [1.165, 1.54) is 0 Å². The molecule has 1 heterocycles. The Kier molecular flexibility index (Phi) is 2.23. The van der Waals surface area contributed by atoms with Gasteiger partial charge < -0.3 is 10.3 Å². The molecule has 2 rings (SSSR count). The zero-order chi connectivity index (χ0) is 11.0. The van der Waals surface area contributed by atoms with E-state index in [2.05, 4.69) is 10.3 Å². The summed E-state index contributed by atoms with van der Waals surface area (Å²) in [6.07, 6.45) is 0. The molecule has 1 aromatic heterocycles. The molecule has 78 valence electrons. The average molecular weight is 202 g/mol. The molecule has 0 aliphatic rings. The summed E-state index contributed by atoms with van der Waals surface area (Å²) < 4.78 is 0. The number of hydrogen-bond acceptors (Lipinski definition) is 2. The fourth-order valence-electron chi connectivity index (χ4n) is 1.72. The first-order valence-corrected chi connectivity index (χ1v) is 4.94. The molecule has 0 aliphatic heterocycles. The Labute approximate surface area is 88.1 Å². The van der Waals surface area contributed by atoms with Crippen molar-refractivity contribution in [3.05, 3.63) is 39.7 Å². The third-order valence-electron chi connectivity index (χ3n) is 2.86. The molecule has 0 saturated heterocycles. The van der Waals surface area contributed by atoms with Crippen LogP contribution in [0.5, 0.6) is 0 Å². The fourth-order valence-corrected chi connectivity index (χ4v) is 1.72. The predicted octanol–water partition coefficient (Wildman–Crippen LogP) is 2.19. The van der Waals surface area contributed by atoms with Crippen molar-refractivity contribution >= 4 is 16.6 Å². The minimum absolute atomic E-state index is 0.00625. The number of hydrogen-bond donors (Lipinski definition) is 2. The molecule has 0 unspecified atom stereocenters. The van der Waals surface area contributed by atoms with Crippen LogP contribution in [-0.4, -0.2) is 12.0 Å². The second-order valence-corrected chi connectivity index (χ2v) is 3.71. The Balaban J connectivity index is 2.86. The molecule has 0 radical (unpaired) electrons. The van der Waals surface area contributed by atoms with E-state index in [0.29, 0.717) is 0 Å². The van der Waals surface area contributed by atoms with Crippen molar-refractivity contribution in [1.82, 2.24) is 4.98 Å². The zero-order valence-corrected chi connectivity index (χ0v) is 9.14. The van der Waals surface area contributed by atoms with Gasteiger partial charge in [-0.25, -0.2) is 0 Å². The molecule has 3 heteroatoms. The second-order valence-electron chi connectivity index (χ2n) is 3.71. The number of nitrogens with one attached hydrogen (secondary N) is 2. The number of pyridine rings is 1. The van der Waals surface area contributed by atoms with E-state index >= 15 is 0 Å². The van der Waals surface area contributed by atoms with Crippen molar-refractivity contribution in [3.8, 4) is 0 Å². The lowest BCUT2D eigenvalue weighted by Crippen LogP contribution is -2.11. The van der Waals surface area contributed by atoms with Crippen LogP contribution in [0.3, 0.4) is 0 Å². The molecule has 0 amide bonds. The summed E-state index contributed by atoms with van der Waals surface area (Å²) in [6.45, 7) is 3.82. The van der Waals surface area contributed by atoms with Crippen LogP contribution in [0, 0.1) is 13.8 Å². The van der Waals surface area contributed by atoms with Crippen LogP contribution in [0.15, 0.2) is 23.0 Å². The largest absolute Gasteiger partial charge is 0.388 e. The number of aromatic amines is 1. The monoisotopic (exact) mass is 202 g/mol. The number of aromatic nitrogens is 1. The Morgan fingerprint density at radius 2 is 1.93 bits per heavy atom. The van der Waals surface area contributed by atoms with E-state index in [9.17, 15) is 4.79 Å². The second kappa shape index (κ2) is 3.42. The van der Waals surface area contributed by atoms with Gasteiger partial charge in [0.25, 0.3) is 5.56 Å². The van der Waals surface area contributed by atoms with Gasteiger partial charge in [-0.05, 0) is 31.5 Å². The number of anilines is 1. The molecule has 0 aliphatic carbocycles. The lowest BCUT2D eigenvalue weighted by molar-refractivity contribution is 1.20. The highest BCUT2D eigenvalue weighted by molar-refractivity contribution is 5.85. The Hall–Kier alpha value is -1.77. The standard InChI is InChI=1S/C12H14N2O/c1-7-8(2)12(15)14-11-6-9(13-3)4-5-10(7)11/h4-6,13H,1-3H3,(H,14,15). The van der Waals surface area contributed by atoms with E-state index in [4.69, 9.17) is 0 Å². The minimum Gasteiger partial charge on any atom is -0.388 e. The molecule has 3 nitrogen and oxygen atoms in total. The maximum Gasteiger partial charge on any atom is 0.251 e. The van der Waals surface area contributed by atoms with Gasteiger partial charge in [0.15, 0.2) is 0 Å². The first kappa shape index (κ1) is 9.77. The lowest BCUT2D eigenvalue weighted by Gasteiger charge is -2.07. The van der Waals surface area contributed by atoms with Crippen LogP contribution in [0.2, 0.25) is 0 Å². The normalized spacial score (nSPS) is 10.6. The SMILES string of the molecule is CNc1ccc2c(C)c(C)c(=O)[nH]c2c1. The topological polar surface area (TPSA) is 44.9 Å². The van der Waals surface area contributed by atoms with E-state index in [1.807, 2.05) is 39.1 Å². The highest BCUT2D eigenvalue weighted by atomic mass is 16.1. The molecule has 1 aromatic carbocycles. The van der Waals surface area contributed by atoms with Gasteiger partial charge in [-0.2, -0.15) is 0 Å². The zero-order valence-electron chi connectivity index (χ0n) is 9.14. The fraction of sp³-hybridized carbons (Fsp3) is 0.250. The van der Waals surface area contributed by atoms with Gasteiger partial charge in [-0.3, -0.25) is 4.79 Å². The molecule has 0 bridgehead atoms. The van der Waals surface area contributed by atoms with Gasteiger partial charge in [-0.15, -0.1) is 0 Å². The van der Waals surface area contributed by atoms with Crippen LogP contribution in [0.4, 0.5) is 5.69 Å². The third kappa shape index (κ3) is 1.50. The van der Waals surface area contributed by atoms with Gasteiger partial charge in [0, 0.05) is 23.7 Å². The Morgan fingerprint density at radius 1 is 1.20 bits per heavy atom. The van der Waals surface area contributed by atoms with Gasteiger partial charge in [-0.1, -0.05) is 6.07 Å². The van der Waals surface area contributed by atoms with E-state index in [1.54, 1.807) is 0 Å². The number of fused-ring (bicyclic) bond motifs is 1. The summed E-state index contributed by atoms with van der Waals surface area (Å²) in [5.41, 5.74) is 3.72. The van der Waals surface area contributed by atoms with Crippen LogP contribution in [0.1, 0.15) is 11.1 Å². The van der Waals surface area contributed by atoms with Crippen LogP contribution in [-0.2, 0) is 0 Å². The number of aryl methyl sites for hydroxylation is 1. The van der Waals surface area contributed by atoms with E-state index in [0.717, 1.165) is 27.7 Å². The molecule has 2 N–H and O–H groups in total. The first-order valence-electron chi connectivity index (χ1n) is 4.94. The summed E-state index contributed by atoms with van der Waals surface area (Å²) in [4.78, 5) is 14.5. The van der Waals surface area contributed by atoms with Crippen LogP contribution >= 0.6 is 0 Å². The highest BCUT2D eigenvalue weighted by Crippen LogP contribution is 2.20. The van der Waals surface area contributed by atoms with Crippen molar-refractivity contribution in [2.24, 2.45) is 0 Å². The first-order chi connectivity index (χ1) is 7.13. The van der Waals surface area contributed by atoms with Crippen molar-refractivity contribution in [3.63, 3.8) is 0 Å². The van der Waals surface area contributed by atoms with Gasteiger partial charge >= 0.3 is 0 Å².